The van der Waals surface area contributed by atoms with E-state index < -0.39 is 6.23 Å². The summed E-state index contributed by atoms with van der Waals surface area (Å²) in [6.07, 6.45) is -0.0394. The van der Waals surface area contributed by atoms with Crippen molar-refractivity contribution in [3.63, 3.8) is 0 Å². The Labute approximate surface area is 76.6 Å². The van der Waals surface area contributed by atoms with Gasteiger partial charge in [0.25, 0.3) is 0 Å². The first-order valence-electron chi connectivity index (χ1n) is 4.26. The van der Waals surface area contributed by atoms with Crippen LogP contribution in [0.5, 0.6) is 0 Å². The lowest BCUT2D eigenvalue weighted by atomic mass is 10.0. The Kier molecular flexibility index (Phi) is 1.81. The van der Waals surface area contributed by atoms with E-state index in [2.05, 4.69) is 0 Å². The molecule has 1 amide bonds. The number of benzene rings is 1. The molecule has 3 nitrogen and oxygen atoms in total. The van der Waals surface area contributed by atoms with Gasteiger partial charge in [-0.05, 0) is 11.6 Å². The Morgan fingerprint density at radius 2 is 2.15 bits per heavy atom. The predicted octanol–water partition coefficient (Wildman–Crippen LogP) is 1.08. The second-order valence-corrected chi connectivity index (χ2v) is 3.27. The molecule has 0 saturated heterocycles. The van der Waals surface area contributed by atoms with Crippen LogP contribution in [0.3, 0.4) is 0 Å². The highest BCUT2D eigenvalue weighted by Crippen LogP contribution is 2.38. The summed E-state index contributed by atoms with van der Waals surface area (Å²) in [5.74, 6) is 0.00130. The molecule has 1 aromatic rings. The van der Waals surface area contributed by atoms with E-state index in [-0.39, 0.29) is 5.92 Å². The summed E-state index contributed by atoms with van der Waals surface area (Å²) in [6.45, 7) is 1.91. The lowest BCUT2D eigenvalue weighted by molar-refractivity contribution is -0.109. The first kappa shape index (κ1) is 8.26. The first-order chi connectivity index (χ1) is 6.25. The highest BCUT2D eigenvalue weighted by molar-refractivity contribution is 5.81. The van der Waals surface area contributed by atoms with Gasteiger partial charge in [-0.1, -0.05) is 25.1 Å². The summed E-state index contributed by atoms with van der Waals surface area (Å²) in [7, 11) is 0. The van der Waals surface area contributed by atoms with Gasteiger partial charge in [-0.2, -0.15) is 0 Å². The van der Waals surface area contributed by atoms with Gasteiger partial charge in [0.1, 0.15) is 6.23 Å². The third kappa shape index (κ3) is 1.04. The lowest BCUT2D eigenvalue weighted by Gasteiger charge is -2.16. The number of para-hydroxylation sites is 1. The highest BCUT2D eigenvalue weighted by Gasteiger charge is 2.33. The largest absolute Gasteiger partial charge is 0.373 e. The van der Waals surface area contributed by atoms with Gasteiger partial charge >= 0.3 is 0 Å². The van der Waals surface area contributed by atoms with E-state index in [0.29, 0.717) is 6.41 Å². The van der Waals surface area contributed by atoms with Gasteiger partial charge in [0.2, 0.25) is 6.41 Å². The minimum absolute atomic E-state index is 0.00130. The Bertz CT molecular complexity index is 337. The SMILES string of the molecule is CC1c2ccccc2N(C=O)C1O. The molecule has 2 unspecified atom stereocenters. The molecule has 68 valence electrons. The quantitative estimate of drug-likeness (QED) is 0.652. The maximum absolute atomic E-state index is 10.7. The van der Waals surface area contributed by atoms with Crippen LogP contribution in [0.25, 0.3) is 0 Å². The summed E-state index contributed by atoms with van der Waals surface area (Å²) >= 11 is 0. The van der Waals surface area contributed by atoms with Crippen LogP contribution in [-0.4, -0.2) is 17.7 Å². The second kappa shape index (κ2) is 2.85. The van der Waals surface area contributed by atoms with Crippen molar-refractivity contribution in [2.24, 2.45) is 0 Å². The smallest absolute Gasteiger partial charge is 0.216 e. The Morgan fingerprint density at radius 3 is 2.85 bits per heavy atom. The van der Waals surface area contributed by atoms with Crippen LogP contribution in [0.15, 0.2) is 24.3 Å². The molecule has 0 fully saturated rings. The fraction of sp³-hybridized carbons (Fsp3) is 0.300. The van der Waals surface area contributed by atoms with Gasteiger partial charge in [0.05, 0.1) is 0 Å². The number of carbonyl (C=O) groups excluding carboxylic acids is 1. The molecule has 0 bridgehead atoms. The van der Waals surface area contributed by atoms with Crippen molar-refractivity contribution in [1.82, 2.24) is 0 Å². The maximum Gasteiger partial charge on any atom is 0.216 e. The zero-order valence-electron chi connectivity index (χ0n) is 7.34. The molecule has 2 atom stereocenters. The molecule has 1 N–H and O–H groups in total. The molecule has 1 aromatic carbocycles. The van der Waals surface area contributed by atoms with E-state index in [1.165, 1.54) is 4.90 Å². The zero-order chi connectivity index (χ0) is 9.42. The number of hydrogen-bond donors (Lipinski definition) is 1. The van der Waals surface area contributed by atoms with Crippen molar-refractivity contribution in [1.29, 1.82) is 0 Å². The molecule has 0 saturated carbocycles. The van der Waals surface area contributed by atoms with Gasteiger partial charge in [-0.15, -0.1) is 0 Å². The van der Waals surface area contributed by atoms with E-state index in [4.69, 9.17) is 0 Å². The number of hydrogen-bond acceptors (Lipinski definition) is 2. The molecule has 0 aromatic heterocycles. The molecule has 1 aliphatic heterocycles. The Morgan fingerprint density at radius 1 is 1.46 bits per heavy atom. The fourth-order valence-corrected chi connectivity index (χ4v) is 1.77. The average Bonchev–Trinajstić information content (AvgIpc) is 2.41. The Hall–Kier alpha value is -1.35. The standard InChI is InChI=1S/C10H11NO2/c1-7-8-4-2-3-5-9(8)11(6-12)10(7)13/h2-7,10,13H,1H3. The molecule has 0 radical (unpaired) electrons. The van der Waals surface area contributed by atoms with Crippen LogP contribution in [0.4, 0.5) is 5.69 Å². The molecule has 0 aliphatic carbocycles. The number of fused-ring (bicyclic) bond motifs is 1. The number of nitrogens with zero attached hydrogens (tertiary/aromatic N) is 1. The molecule has 13 heavy (non-hydrogen) atoms. The van der Waals surface area contributed by atoms with Crippen molar-refractivity contribution in [3.8, 4) is 0 Å². The normalized spacial score (nSPS) is 25.8. The maximum atomic E-state index is 10.7. The van der Waals surface area contributed by atoms with Crippen LogP contribution in [0, 0.1) is 0 Å². The average molecular weight is 177 g/mol. The number of carbonyl (C=O) groups is 1. The molecule has 2 rings (SSSR count). The molecular formula is C10H11NO2. The van der Waals surface area contributed by atoms with Crippen LogP contribution >= 0.6 is 0 Å². The monoisotopic (exact) mass is 177 g/mol. The molecule has 1 heterocycles. The van der Waals surface area contributed by atoms with E-state index in [9.17, 15) is 9.90 Å². The van der Waals surface area contributed by atoms with E-state index in [0.717, 1.165) is 11.3 Å². The predicted molar refractivity (Wildman–Crippen MR) is 49.4 cm³/mol. The van der Waals surface area contributed by atoms with Crippen molar-refractivity contribution in [3.05, 3.63) is 29.8 Å². The highest BCUT2D eigenvalue weighted by atomic mass is 16.3. The number of rotatable bonds is 1. The van der Waals surface area contributed by atoms with Gasteiger partial charge in [-0.25, -0.2) is 0 Å². The number of aliphatic hydroxyl groups is 1. The second-order valence-electron chi connectivity index (χ2n) is 3.27. The molecular weight excluding hydrogens is 166 g/mol. The van der Waals surface area contributed by atoms with Crippen molar-refractivity contribution >= 4 is 12.1 Å². The summed E-state index contributed by atoms with van der Waals surface area (Å²) in [5.41, 5.74) is 1.85. The Balaban J connectivity index is 2.53. The summed E-state index contributed by atoms with van der Waals surface area (Å²) in [6, 6.07) is 7.56. The number of amides is 1. The molecule has 1 aliphatic rings. The lowest BCUT2D eigenvalue weighted by Crippen LogP contribution is -2.31. The topological polar surface area (TPSA) is 40.5 Å². The minimum atomic E-state index is -0.713. The molecule has 3 heteroatoms. The van der Waals surface area contributed by atoms with E-state index in [1.54, 1.807) is 0 Å². The van der Waals surface area contributed by atoms with Gasteiger partial charge in [0, 0.05) is 11.6 Å². The third-order valence-electron chi connectivity index (χ3n) is 2.55. The number of anilines is 1. The van der Waals surface area contributed by atoms with Gasteiger partial charge < -0.3 is 5.11 Å². The molecule has 0 spiro atoms. The first-order valence-corrected chi connectivity index (χ1v) is 4.26. The van der Waals surface area contributed by atoms with Crippen LogP contribution in [-0.2, 0) is 4.79 Å². The van der Waals surface area contributed by atoms with Crippen molar-refractivity contribution in [2.45, 2.75) is 19.1 Å². The van der Waals surface area contributed by atoms with Crippen LogP contribution < -0.4 is 4.90 Å². The van der Waals surface area contributed by atoms with Crippen LogP contribution in [0.2, 0.25) is 0 Å². The van der Waals surface area contributed by atoms with Crippen LogP contribution in [0.1, 0.15) is 18.4 Å². The van der Waals surface area contributed by atoms with Gasteiger partial charge in [-0.3, -0.25) is 9.69 Å². The number of aliphatic hydroxyl groups excluding tert-OH is 1. The van der Waals surface area contributed by atoms with Gasteiger partial charge in [0.15, 0.2) is 0 Å². The fourth-order valence-electron chi connectivity index (χ4n) is 1.77. The summed E-state index contributed by atoms with van der Waals surface area (Å²) < 4.78 is 0. The third-order valence-corrected chi connectivity index (χ3v) is 2.55. The van der Waals surface area contributed by atoms with E-state index in [1.807, 2.05) is 31.2 Å². The zero-order valence-corrected chi connectivity index (χ0v) is 7.34. The summed E-state index contributed by atoms with van der Waals surface area (Å²) in [4.78, 5) is 12.1. The minimum Gasteiger partial charge on any atom is -0.373 e. The van der Waals surface area contributed by atoms with Crippen molar-refractivity contribution < 1.29 is 9.90 Å². The van der Waals surface area contributed by atoms with E-state index >= 15 is 0 Å². The van der Waals surface area contributed by atoms with Crippen molar-refractivity contribution in [2.75, 3.05) is 4.90 Å². The summed E-state index contributed by atoms with van der Waals surface area (Å²) in [5, 5.41) is 9.67.